The van der Waals surface area contributed by atoms with E-state index in [1.54, 1.807) is 17.9 Å². The average molecular weight is 290 g/mol. The van der Waals surface area contributed by atoms with Gasteiger partial charge in [-0.2, -0.15) is 0 Å². The number of nitrogen functional groups attached to an aromatic ring is 1. The number of likely N-dealkylation sites (tertiary alicyclic amines) is 1. The minimum Gasteiger partial charge on any atom is -0.399 e. The van der Waals surface area contributed by atoms with Crippen molar-refractivity contribution in [3.05, 3.63) is 29.1 Å². The Bertz CT molecular complexity index is 554. The fraction of sp³-hybridized carbons (Fsp3) is 0.588. The maximum Gasteiger partial charge on any atom is 0.256 e. The Labute approximate surface area is 125 Å². The number of rotatable bonds is 1. The van der Waals surface area contributed by atoms with E-state index < -0.39 is 5.82 Å². The van der Waals surface area contributed by atoms with Crippen molar-refractivity contribution >= 4 is 11.6 Å². The standard InChI is InChI=1S/C17H23FN2O/c1-12-10-13(19)11-14(15(12)18)16(21)20-8-6-17(7-9-20)4-2-3-5-17/h10-11H,2-9,19H2,1H3. The van der Waals surface area contributed by atoms with E-state index in [0.29, 0.717) is 16.7 Å². The molecule has 0 radical (unpaired) electrons. The van der Waals surface area contributed by atoms with Gasteiger partial charge in [0.05, 0.1) is 5.56 Å². The fourth-order valence-corrected chi connectivity index (χ4v) is 3.93. The number of piperidine rings is 1. The molecule has 2 aliphatic rings. The van der Waals surface area contributed by atoms with E-state index in [4.69, 9.17) is 5.73 Å². The molecule has 1 aromatic rings. The van der Waals surface area contributed by atoms with Gasteiger partial charge in [-0.3, -0.25) is 4.79 Å². The number of hydrogen-bond donors (Lipinski definition) is 1. The molecule has 1 aromatic carbocycles. The summed E-state index contributed by atoms with van der Waals surface area (Å²) in [6.07, 6.45) is 7.33. The van der Waals surface area contributed by atoms with E-state index in [-0.39, 0.29) is 11.5 Å². The molecule has 4 heteroatoms. The SMILES string of the molecule is Cc1cc(N)cc(C(=O)N2CCC3(CCCC3)CC2)c1F. The summed E-state index contributed by atoms with van der Waals surface area (Å²) in [5.41, 5.74) is 7.21. The summed E-state index contributed by atoms with van der Waals surface area (Å²) in [4.78, 5) is 14.4. The highest BCUT2D eigenvalue weighted by molar-refractivity contribution is 5.95. The van der Waals surface area contributed by atoms with Crippen molar-refractivity contribution in [3.63, 3.8) is 0 Å². The molecule has 1 spiro atoms. The number of carbonyl (C=O) groups excluding carboxylic acids is 1. The van der Waals surface area contributed by atoms with Crippen LogP contribution in [0.15, 0.2) is 12.1 Å². The molecule has 1 saturated carbocycles. The number of nitrogens with zero attached hydrogens (tertiary/aromatic N) is 1. The van der Waals surface area contributed by atoms with Gasteiger partial charge >= 0.3 is 0 Å². The van der Waals surface area contributed by atoms with Gasteiger partial charge in [-0.25, -0.2) is 4.39 Å². The smallest absolute Gasteiger partial charge is 0.256 e. The number of halogens is 1. The van der Waals surface area contributed by atoms with Crippen LogP contribution in [-0.4, -0.2) is 23.9 Å². The van der Waals surface area contributed by atoms with Crippen LogP contribution in [0.1, 0.15) is 54.4 Å². The molecule has 1 saturated heterocycles. The monoisotopic (exact) mass is 290 g/mol. The van der Waals surface area contributed by atoms with Gasteiger partial charge < -0.3 is 10.6 Å². The number of carbonyl (C=O) groups is 1. The van der Waals surface area contributed by atoms with E-state index in [0.717, 1.165) is 25.9 Å². The molecule has 2 N–H and O–H groups in total. The fourth-order valence-electron chi connectivity index (χ4n) is 3.93. The summed E-state index contributed by atoms with van der Waals surface area (Å²) < 4.78 is 14.2. The van der Waals surface area contributed by atoms with Crippen molar-refractivity contribution in [3.8, 4) is 0 Å². The van der Waals surface area contributed by atoms with Gasteiger partial charge in [0, 0.05) is 18.8 Å². The zero-order valence-corrected chi connectivity index (χ0v) is 12.6. The van der Waals surface area contributed by atoms with Crippen LogP contribution in [-0.2, 0) is 0 Å². The summed E-state index contributed by atoms with van der Waals surface area (Å²) in [6, 6.07) is 3.03. The maximum absolute atomic E-state index is 14.2. The van der Waals surface area contributed by atoms with Gasteiger partial charge in [0.15, 0.2) is 0 Å². The molecule has 1 amide bonds. The van der Waals surface area contributed by atoms with Crippen LogP contribution in [0.3, 0.4) is 0 Å². The molecule has 2 fully saturated rings. The molecular formula is C17H23FN2O. The minimum atomic E-state index is -0.435. The Balaban J connectivity index is 1.75. The van der Waals surface area contributed by atoms with Crippen molar-refractivity contribution in [1.82, 2.24) is 4.90 Å². The van der Waals surface area contributed by atoms with Gasteiger partial charge in [-0.05, 0) is 55.7 Å². The van der Waals surface area contributed by atoms with Crippen molar-refractivity contribution in [2.24, 2.45) is 5.41 Å². The first kappa shape index (κ1) is 14.4. The predicted molar refractivity (Wildman–Crippen MR) is 81.6 cm³/mol. The lowest BCUT2D eigenvalue weighted by molar-refractivity contribution is 0.0583. The van der Waals surface area contributed by atoms with Crippen LogP contribution in [0, 0.1) is 18.2 Å². The average Bonchev–Trinajstić information content (AvgIpc) is 2.91. The number of benzene rings is 1. The molecule has 1 heterocycles. The number of aryl methyl sites for hydroxylation is 1. The summed E-state index contributed by atoms with van der Waals surface area (Å²) >= 11 is 0. The Hall–Kier alpha value is -1.58. The second-order valence-electron chi connectivity index (χ2n) is 6.70. The third kappa shape index (κ3) is 2.63. The Kier molecular flexibility index (Phi) is 3.64. The van der Waals surface area contributed by atoms with Crippen molar-refractivity contribution in [2.45, 2.75) is 45.4 Å². The molecule has 0 bridgehead atoms. The van der Waals surface area contributed by atoms with Gasteiger partial charge in [0.2, 0.25) is 0 Å². The third-order valence-corrected chi connectivity index (χ3v) is 5.28. The van der Waals surface area contributed by atoms with E-state index in [1.807, 2.05) is 0 Å². The Morgan fingerprint density at radius 3 is 2.43 bits per heavy atom. The van der Waals surface area contributed by atoms with Gasteiger partial charge in [-0.15, -0.1) is 0 Å². The number of nitrogens with two attached hydrogens (primary N) is 1. The van der Waals surface area contributed by atoms with Crippen LogP contribution < -0.4 is 5.73 Å². The lowest BCUT2D eigenvalue weighted by atomic mass is 9.77. The van der Waals surface area contributed by atoms with Crippen LogP contribution in [0.5, 0.6) is 0 Å². The molecule has 3 rings (SSSR count). The van der Waals surface area contributed by atoms with E-state index in [1.165, 1.54) is 31.7 Å². The van der Waals surface area contributed by atoms with E-state index in [9.17, 15) is 9.18 Å². The first-order valence-corrected chi connectivity index (χ1v) is 7.86. The largest absolute Gasteiger partial charge is 0.399 e. The number of amides is 1. The number of hydrogen-bond acceptors (Lipinski definition) is 2. The first-order valence-electron chi connectivity index (χ1n) is 7.86. The summed E-state index contributed by atoms with van der Waals surface area (Å²) in [6.45, 7) is 3.13. The topological polar surface area (TPSA) is 46.3 Å². The minimum absolute atomic E-state index is 0.120. The van der Waals surface area contributed by atoms with Crippen LogP contribution >= 0.6 is 0 Å². The second kappa shape index (κ2) is 5.32. The highest BCUT2D eigenvalue weighted by Gasteiger charge is 2.38. The van der Waals surface area contributed by atoms with Gasteiger partial charge in [0.1, 0.15) is 5.82 Å². The molecule has 21 heavy (non-hydrogen) atoms. The highest BCUT2D eigenvalue weighted by Crippen LogP contribution is 2.46. The lowest BCUT2D eigenvalue weighted by Crippen LogP contribution is -2.42. The molecular weight excluding hydrogens is 267 g/mol. The first-order chi connectivity index (χ1) is 10.0. The van der Waals surface area contributed by atoms with E-state index >= 15 is 0 Å². The summed E-state index contributed by atoms with van der Waals surface area (Å²) in [7, 11) is 0. The Morgan fingerprint density at radius 2 is 1.81 bits per heavy atom. The molecule has 1 aliphatic heterocycles. The number of anilines is 1. The summed E-state index contributed by atoms with van der Waals surface area (Å²) in [5.74, 6) is -0.647. The zero-order valence-electron chi connectivity index (χ0n) is 12.6. The van der Waals surface area contributed by atoms with Gasteiger partial charge in [-0.1, -0.05) is 12.8 Å². The van der Waals surface area contributed by atoms with E-state index in [2.05, 4.69) is 0 Å². The van der Waals surface area contributed by atoms with Crippen molar-refractivity contribution in [2.75, 3.05) is 18.8 Å². The highest BCUT2D eigenvalue weighted by atomic mass is 19.1. The molecule has 0 unspecified atom stereocenters. The maximum atomic E-state index is 14.2. The molecule has 114 valence electrons. The third-order valence-electron chi connectivity index (χ3n) is 5.28. The lowest BCUT2D eigenvalue weighted by Gasteiger charge is -2.39. The van der Waals surface area contributed by atoms with Gasteiger partial charge in [0.25, 0.3) is 5.91 Å². The zero-order chi connectivity index (χ0) is 15.0. The predicted octanol–water partition coefficient (Wildman–Crippen LogP) is 3.51. The van der Waals surface area contributed by atoms with Crippen LogP contribution in [0.2, 0.25) is 0 Å². The summed E-state index contributed by atoms with van der Waals surface area (Å²) in [5, 5.41) is 0. The Morgan fingerprint density at radius 1 is 1.19 bits per heavy atom. The molecule has 0 aromatic heterocycles. The van der Waals surface area contributed by atoms with Crippen LogP contribution in [0.25, 0.3) is 0 Å². The van der Waals surface area contributed by atoms with Crippen LogP contribution in [0.4, 0.5) is 10.1 Å². The normalized spacial score (nSPS) is 21.0. The van der Waals surface area contributed by atoms with Crippen molar-refractivity contribution in [1.29, 1.82) is 0 Å². The van der Waals surface area contributed by atoms with Crippen molar-refractivity contribution < 1.29 is 9.18 Å². The molecule has 0 atom stereocenters. The molecule has 3 nitrogen and oxygen atoms in total. The molecule has 1 aliphatic carbocycles. The second-order valence-corrected chi connectivity index (χ2v) is 6.70. The quantitative estimate of drug-likeness (QED) is 0.804.